The van der Waals surface area contributed by atoms with Gasteiger partial charge in [-0.2, -0.15) is 0 Å². The summed E-state index contributed by atoms with van der Waals surface area (Å²) in [5.41, 5.74) is 0. The first-order valence-corrected chi connectivity index (χ1v) is 12.0. The molecule has 0 spiro atoms. The van der Waals surface area contributed by atoms with Crippen LogP contribution in [-0.2, 0) is 75.4 Å². The van der Waals surface area contributed by atoms with Crippen LogP contribution in [0.2, 0.25) is 0 Å². The smallest absolute Gasteiger partial charge is 0.455 e. The van der Waals surface area contributed by atoms with Crippen molar-refractivity contribution >= 4 is 49.6 Å². The quantitative estimate of drug-likeness (QED) is 0.213. The highest BCUT2D eigenvalue weighted by molar-refractivity contribution is 7.49. The SMILES string of the molecule is CC(=O)OC1C(OC(C)=O)[C@H](OC(C)=O)C(OP(=O)(OC(C)=O)OC(C)=O)C(OC(C)=O)[C@@H]1OC(C)=O. The number of ether oxygens (including phenoxy) is 5. The molecular formula is C20H27O16P. The molecule has 0 bridgehead atoms. The van der Waals surface area contributed by atoms with Gasteiger partial charge in [0.25, 0.3) is 0 Å². The molecule has 0 aliphatic heterocycles. The van der Waals surface area contributed by atoms with Crippen LogP contribution in [0.25, 0.3) is 0 Å². The van der Waals surface area contributed by atoms with Crippen LogP contribution in [0, 0.1) is 0 Å². The van der Waals surface area contributed by atoms with Crippen LogP contribution in [0.3, 0.4) is 0 Å². The molecule has 37 heavy (non-hydrogen) atoms. The number of carbonyl (C=O) groups excluding carboxylic acids is 7. The summed E-state index contributed by atoms with van der Waals surface area (Å²) in [6, 6.07) is 0. The zero-order valence-corrected chi connectivity index (χ0v) is 21.8. The molecule has 0 amide bonds. The lowest BCUT2D eigenvalue weighted by atomic mass is 9.83. The van der Waals surface area contributed by atoms with Crippen LogP contribution in [0.1, 0.15) is 48.5 Å². The third-order valence-electron chi connectivity index (χ3n) is 4.18. The molecular weight excluding hydrogens is 527 g/mol. The predicted molar refractivity (Wildman–Crippen MR) is 114 cm³/mol. The van der Waals surface area contributed by atoms with Crippen LogP contribution >= 0.6 is 7.82 Å². The second-order valence-corrected chi connectivity index (χ2v) is 9.02. The summed E-state index contributed by atoms with van der Waals surface area (Å²) in [4.78, 5) is 82.8. The summed E-state index contributed by atoms with van der Waals surface area (Å²) < 4.78 is 53.5. The van der Waals surface area contributed by atoms with E-state index in [9.17, 15) is 38.1 Å². The summed E-state index contributed by atoms with van der Waals surface area (Å²) in [5, 5.41) is 0. The van der Waals surface area contributed by atoms with Gasteiger partial charge in [-0.1, -0.05) is 0 Å². The number of phosphoric ester groups is 1. The lowest BCUT2D eigenvalue weighted by molar-refractivity contribution is -0.253. The monoisotopic (exact) mass is 554 g/mol. The van der Waals surface area contributed by atoms with E-state index in [2.05, 4.69) is 9.05 Å². The first-order chi connectivity index (χ1) is 17.0. The van der Waals surface area contributed by atoms with Crippen molar-refractivity contribution in [3.63, 3.8) is 0 Å². The average molecular weight is 554 g/mol. The lowest BCUT2D eigenvalue weighted by Crippen LogP contribution is -2.68. The van der Waals surface area contributed by atoms with Gasteiger partial charge in [0.1, 0.15) is 0 Å². The number of carbonyl (C=O) groups is 7. The Morgan fingerprint density at radius 3 is 0.811 bits per heavy atom. The summed E-state index contributed by atoms with van der Waals surface area (Å²) in [7, 11) is -5.20. The highest BCUT2D eigenvalue weighted by Crippen LogP contribution is 2.53. The summed E-state index contributed by atoms with van der Waals surface area (Å²) >= 11 is 0. The van der Waals surface area contributed by atoms with Gasteiger partial charge >= 0.3 is 49.6 Å². The van der Waals surface area contributed by atoms with Crippen molar-refractivity contribution < 1.29 is 75.4 Å². The molecule has 1 saturated carbocycles. The molecule has 0 heterocycles. The van der Waals surface area contributed by atoms with Crippen LogP contribution in [0.4, 0.5) is 0 Å². The van der Waals surface area contributed by atoms with E-state index < -0.39 is 86.2 Å². The zero-order valence-electron chi connectivity index (χ0n) is 20.9. The number of rotatable bonds is 9. The molecule has 1 fully saturated rings. The molecule has 17 heteroatoms. The van der Waals surface area contributed by atoms with E-state index in [4.69, 9.17) is 28.2 Å². The van der Waals surface area contributed by atoms with Crippen LogP contribution in [-0.4, -0.2) is 78.4 Å². The molecule has 0 aromatic heterocycles. The Balaban J connectivity index is 3.90. The highest BCUT2D eigenvalue weighted by Gasteiger charge is 2.62. The first-order valence-electron chi connectivity index (χ1n) is 10.5. The molecule has 1 aliphatic rings. The number of phosphoric acid groups is 1. The molecule has 4 unspecified atom stereocenters. The van der Waals surface area contributed by atoms with Crippen molar-refractivity contribution in [3.05, 3.63) is 0 Å². The van der Waals surface area contributed by atoms with Crippen LogP contribution in [0.5, 0.6) is 0 Å². The van der Waals surface area contributed by atoms with E-state index >= 15 is 0 Å². The summed E-state index contributed by atoms with van der Waals surface area (Å²) in [6.07, 6.45) is -11.3. The molecule has 1 aliphatic carbocycles. The van der Waals surface area contributed by atoms with Crippen molar-refractivity contribution in [2.75, 3.05) is 0 Å². The average Bonchev–Trinajstić information content (AvgIpc) is 2.67. The fourth-order valence-electron chi connectivity index (χ4n) is 3.40. The fourth-order valence-corrected chi connectivity index (χ4v) is 4.69. The Hall–Kier alpha value is -3.52. The van der Waals surface area contributed by atoms with Gasteiger partial charge in [-0.25, -0.2) is 4.57 Å². The molecule has 6 atom stereocenters. The molecule has 0 radical (unpaired) electrons. The standard InChI is InChI=1S/C20H27O16P/c1-8(21)29-15-16(30-9(2)22)18(32-11(4)24)20(19(33-12(5)25)17(15)31-10(3)23)36-37(28,34-13(6)26)35-14(7)27/h15-20H,1-7H3/t15?,16-,17?,18?,19+,20?/m1/s1. The lowest BCUT2D eigenvalue weighted by Gasteiger charge is -2.47. The van der Waals surface area contributed by atoms with Crippen molar-refractivity contribution in [3.8, 4) is 0 Å². The van der Waals surface area contributed by atoms with Crippen molar-refractivity contribution in [2.45, 2.75) is 85.1 Å². The van der Waals surface area contributed by atoms with Gasteiger partial charge in [-0.3, -0.25) is 38.1 Å². The predicted octanol–water partition coefficient (Wildman–Crippen LogP) is 0.278. The molecule has 0 aromatic rings. The maximum Gasteiger partial charge on any atom is 0.592 e. The van der Waals surface area contributed by atoms with Crippen molar-refractivity contribution in [2.24, 2.45) is 0 Å². The highest BCUT2D eigenvalue weighted by atomic mass is 31.2. The minimum atomic E-state index is -5.20. The molecule has 0 aromatic carbocycles. The second-order valence-electron chi connectivity index (χ2n) is 7.55. The summed E-state index contributed by atoms with van der Waals surface area (Å²) in [5.74, 6) is -7.55. The van der Waals surface area contributed by atoms with Gasteiger partial charge in [0.05, 0.1) is 0 Å². The third-order valence-corrected chi connectivity index (χ3v) is 5.65. The minimum Gasteiger partial charge on any atom is -0.455 e. The Labute approximate surface area is 210 Å². The van der Waals surface area contributed by atoms with E-state index in [0.717, 1.165) is 48.5 Å². The Morgan fingerprint density at radius 1 is 0.405 bits per heavy atom. The number of hydrogen-bond acceptors (Lipinski definition) is 16. The Morgan fingerprint density at radius 2 is 0.622 bits per heavy atom. The first kappa shape index (κ1) is 31.5. The van der Waals surface area contributed by atoms with E-state index in [1.807, 2.05) is 0 Å². The molecule has 1 rings (SSSR count). The maximum absolute atomic E-state index is 13.2. The molecule has 0 N–H and O–H groups in total. The van der Waals surface area contributed by atoms with Gasteiger partial charge in [0, 0.05) is 48.5 Å². The molecule has 208 valence electrons. The van der Waals surface area contributed by atoms with E-state index in [-0.39, 0.29) is 0 Å². The third kappa shape index (κ3) is 9.80. The van der Waals surface area contributed by atoms with Crippen molar-refractivity contribution in [1.29, 1.82) is 0 Å². The summed E-state index contributed by atoms with van der Waals surface area (Å²) in [6.45, 7) is 6.26. The van der Waals surface area contributed by atoms with E-state index in [1.54, 1.807) is 0 Å². The normalized spacial score (nSPS) is 25.1. The molecule has 0 saturated heterocycles. The number of esters is 5. The van der Waals surface area contributed by atoms with Crippen LogP contribution < -0.4 is 0 Å². The second kappa shape index (κ2) is 13.1. The van der Waals surface area contributed by atoms with Gasteiger partial charge in [0.15, 0.2) is 36.6 Å². The van der Waals surface area contributed by atoms with E-state index in [0.29, 0.717) is 0 Å². The van der Waals surface area contributed by atoms with Crippen molar-refractivity contribution in [1.82, 2.24) is 0 Å². The number of hydrogen-bond donors (Lipinski definition) is 0. The molecule has 16 nitrogen and oxygen atoms in total. The zero-order chi connectivity index (χ0) is 28.7. The van der Waals surface area contributed by atoms with Gasteiger partial charge < -0.3 is 32.7 Å². The van der Waals surface area contributed by atoms with Gasteiger partial charge in [-0.05, 0) is 0 Å². The van der Waals surface area contributed by atoms with Gasteiger partial charge in [-0.15, -0.1) is 0 Å². The topological polar surface area (TPSA) is 210 Å². The Kier molecular flexibility index (Phi) is 11.2. The van der Waals surface area contributed by atoms with Gasteiger partial charge in [0.2, 0.25) is 0 Å². The Bertz CT molecular complexity index is 925. The largest absolute Gasteiger partial charge is 0.592 e. The van der Waals surface area contributed by atoms with E-state index in [1.165, 1.54) is 0 Å². The van der Waals surface area contributed by atoms with Crippen LogP contribution in [0.15, 0.2) is 0 Å². The maximum atomic E-state index is 13.2. The fraction of sp³-hybridized carbons (Fsp3) is 0.650. The minimum absolute atomic E-state index is 0.799.